The summed E-state index contributed by atoms with van der Waals surface area (Å²) in [5.74, 6) is -1.29. The first-order valence-corrected chi connectivity index (χ1v) is 10.4. The van der Waals surface area contributed by atoms with Gasteiger partial charge in [-0.2, -0.15) is 0 Å². The Morgan fingerprint density at radius 2 is 1.79 bits per heavy atom. The first kappa shape index (κ1) is 20.6. The molecule has 3 aromatic rings. The molecule has 0 saturated carbocycles. The van der Waals surface area contributed by atoms with Gasteiger partial charge in [0.15, 0.2) is 23.9 Å². The second-order valence-corrected chi connectivity index (χ2v) is 7.77. The fourth-order valence-corrected chi connectivity index (χ4v) is 4.14. The Labute approximate surface area is 189 Å². The van der Waals surface area contributed by atoms with Crippen LogP contribution in [0, 0.1) is 0 Å². The second kappa shape index (κ2) is 8.31. The number of phenols is 1. The lowest BCUT2D eigenvalue weighted by atomic mass is 9.95. The number of hydrogen-bond donors (Lipinski definition) is 1. The fraction of sp³-hybridized carbons (Fsp3) is 0.160. The monoisotopic (exact) mass is 444 g/mol. The molecule has 2 aliphatic heterocycles. The van der Waals surface area contributed by atoms with Crippen molar-refractivity contribution in [2.75, 3.05) is 13.2 Å². The normalized spacial score (nSPS) is 19.0. The van der Waals surface area contributed by atoms with Gasteiger partial charge in [0.25, 0.3) is 5.91 Å². The number of rotatable bonds is 4. The third kappa shape index (κ3) is 3.76. The van der Waals surface area contributed by atoms with E-state index in [0.717, 1.165) is 5.56 Å². The van der Waals surface area contributed by atoms with Crippen molar-refractivity contribution >= 4 is 17.4 Å². The number of pyridine rings is 1. The number of ketones is 1. The number of benzene rings is 2. The number of nitrogens with zero attached hydrogens (tertiary/aromatic N) is 1. The Morgan fingerprint density at radius 3 is 2.55 bits per heavy atom. The molecule has 1 unspecified atom stereocenters. The molecule has 1 amide bonds. The van der Waals surface area contributed by atoms with Crippen LogP contribution in [0.3, 0.4) is 0 Å². The van der Waals surface area contributed by atoms with Crippen molar-refractivity contribution in [3.63, 3.8) is 0 Å². The summed E-state index contributed by atoms with van der Waals surface area (Å²) in [5, 5.41) is 23.6. The van der Waals surface area contributed by atoms with Crippen LogP contribution in [-0.2, 0) is 16.1 Å². The smallest absolute Gasteiger partial charge is 0.295 e. The van der Waals surface area contributed by atoms with E-state index < -0.39 is 23.5 Å². The number of likely N-dealkylation sites (tertiary alicyclic amines) is 1. The number of ether oxygens (including phenoxy) is 2. The number of carbonyl (C=O) groups excluding carboxylic acids is 2. The minimum Gasteiger partial charge on any atom is -0.872 e. The average Bonchev–Trinajstić information content (AvgIpc) is 3.09. The van der Waals surface area contributed by atoms with Gasteiger partial charge < -0.3 is 24.6 Å². The molecule has 166 valence electrons. The van der Waals surface area contributed by atoms with Gasteiger partial charge in [-0.25, -0.2) is 4.98 Å². The van der Waals surface area contributed by atoms with Crippen molar-refractivity contribution in [2.24, 2.45) is 0 Å². The summed E-state index contributed by atoms with van der Waals surface area (Å²) in [5.41, 5.74) is 1.31. The third-order valence-electron chi connectivity index (χ3n) is 5.66. The number of Topliss-reactive ketones (excluding diaryl/α,β-unsaturated/α-hetero) is 1. The molecule has 2 N–H and O–H groups in total. The Hall–Kier alpha value is -4.33. The number of amides is 1. The van der Waals surface area contributed by atoms with Crippen LogP contribution in [0.2, 0.25) is 0 Å². The molecule has 3 heterocycles. The van der Waals surface area contributed by atoms with Crippen LogP contribution < -0.4 is 19.6 Å². The SMILES string of the molecule is O=C1C(=O)N(Cc2cc[nH+]cc2)C(c2cccc(O)c2)C1=C([O-])c1ccc2c(c1)OCCO2. The maximum absolute atomic E-state index is 13.6. The number of aromatic nitrogens is 1. The highest BCUT2D eigenvalue weighted by Gasteiger charge is 2.44. The number of H-pyrrole nitrogens is 1. The highest BCUT2D eigenvalue weighted by Crippen LogP contribution is 2.41. The Bertz CT molecular complexity index is 1270. The molecule has 0 aliphatic carbocycles. The molecule has 0 bridgehead atoms. The molecule has 5 rings (SSSR count). The molecule has 0 spiro atoms. The zero-order valence-electron chi connectivity index (χ0n) is 17.5. The molecule has 1 saturated heterocycles. The lowest BCUT2D eigenvalue weighted by Gasteiger charge is -2.28. The molecule has 8 heteroatoms. The van der Waals surface area contributed by atoms with E-state index in [1.54, 1.807) is 48.8 Å². The summed E-state index contributed by atoms with van der Waals surface area (Å²) in [6, 6.07) is 13.6. The molecule has 0 radical (unpaired) electrons. The van der Waals surface area contributed by atoms with E-state index in [2.05, 4.69) is 4.98 Å². The molecular formula is C25H20N2O6. The summed E-state index contributed by atoms with van der Waals surface area (Å²) in [6.45, 7) is 0.890. The van der Waals surface area contributed by atoms with Gasteiger partial charge >= 0.3 is 0 Å². The summed E-state index contributed by atoms with van der Waals surface area (Å²) in [4.78, 5) is 30.4. The van der Waals surface area contributed by atoms with E-state index in [4.69, 9.17) is 9.47 Å². The van der Waals surface area contributed by atoms with E-state index >= 15 is 0 Å². The van der Waals surface area contributed by atoms with Crippen molar-refractivity contribution in [2.45, 2.75) is 12.6 Å². The summed E-state index contributed by atoms with van der Waals surface area (Å²) < 4.78 is 11.1. The van der Waals surface area contributed by atoms with E-state index in [-0.39, 0.29) is 23.4 Å². The zero-order valence-corrected chi connectivity index (χ0v) is 17.5. The molecule has 2 aliphatic rings. The fourth-order valence-electron chi connectivity index (χ4n) is 4.14. The van der Waals surface area contributed by atoms with Crippen LogP contribution in [0.15, 0.2) is 72.6 Å². The highest BCUT2D eigenvalue weighted by atomic mass is 16.6. The first-order chi connectivity index (χ1) is 16.0. The third-order valence-corrected chi connectivity index (χ3v) is 5.66. The summed E-state index contributed by atoms with van der Waals surface area (Å²) >= 11 is 0. The van der Waals surface area contributed by atoms with Crippen LogP contribution in [0.1, 0.15) is 22.7 Å². The van der Waals surface area contributed by atoms with Gasteiger partial charge in [0, 0.05) is 24.3 Å². The molecule has 1 aromatic heterocycles. The molecule has 2 aromatic carbocycles. The molecular weight excluding hydrogens is 424 g/mol. The lowest BCUT2D eigenvalue weighted by molar-refractivity contribution is -0.378. The van der Waals surface area contributed by atoms with E-state index in [1.807, 2.05) is 0 Å². The quantitative estimate of drug-likeness (QED) is 0.370. The van der Waals surface area contributed by atoms with Gasteiger partial charge in [-0.15, -0.1) is 0 Å². The van der Waals surface area contributed by atoms with Gasteiger partial charge in [-0.3, -0.25) is 9.59 Å². The van der Waals surface area contributed by atoms with E-state index in [9.17, 15) is 19.8 Å². The van der Waals surface area contributed by atoms with Gasteiger partial charge in [0.2, 0.25) is 5.78 Å². The van der Waals surface area contributed by atoms with Gasteiger partial charge in [-0.05, 0) is 41.0 Å². The van der Waals surface area contributed by atoms with Crippen LogP contribution in [0.5, 0.6) is 17.2 Å². The standard InChI is InChI=1S/C25H20N2O6/c28-18-3-1-2-16(12-18)22-21(23(29)17-4-5-19-20(13-17)33-11-10-32-19)24(30)25(31)27(22)14-15-6-8-26-9-7-15/h1-9,12-13,22,28-29H,10-11,14H2. The van der Waals surface area contributed by atoms with Gasteiger partial charge in [-0.1, -0.05) is 24.0 Å². The Morgan fingerprint density at radius 1 is 1.03 bits per heavy atom. The van der Waals surface area contributed by atoms with E-state index in [0.29, 0.717) is 30.3 Å². The average molecular weight is 444 g/mol. The Balaban J connectivity index is 1.64. The number of aromatic amines is 1. The Kier molecular flexibility index (Phi) is 5.18. The number of hydrogen-bond acceptors (Lipinski definition) is 6. The van der Waals surface area contributed by atoms with Gasteiger partial charge in [0.1, 0.15) is 19.0 Å². The van der Waals surface area contributed by atoms with Crippen molar-refractivity contribution in [3.05, 3.63) is 89.3 Å². The number of fused-ring (bicyclic) bond motifs is 1. The molecule has 1 fully saturated rings. The minimum absolute atomic E-state index is 0.0281. The van der Waals surface area contributed by atoms with Crippen molar-refractivity contribution in [1.29, 1.82) is 0 Å². The zero-order chi connectivity index (χ0) is 22.9. The maximum atomic E-state index is 13.6. The predicted octanol–water partition coefficient (Wildman–Crippen LogP) is 1.40. The minimum atomic E-state index is -0.943. The van der Waals surface area contributed by atoms with E-state index in [1.165, 1.54) is 23.1 Å². The lowest BCUT2D eigenvalue weighted by Crippen LogP contribution is -2.29. The largest absolute Gasteiger partial charge is 0.872 e. The first-order valence-electron chi connectivity index (χ1n) is 10.4. The van der Waals surface area contributed by atoms with Crippen molar-refractivity contribution in [3.8, 4) is 17.2 Å². The maximum Gasteiger partial charge on any atom is 0.295 e. The molecule has 8 nitrogen and oxygen atoms in total. The number of phenolic OH excluding ortho intramolecular Hbond substituents is 1. The summed E-state index contributed by atoms with van der Waals surface area (Å²) in [7, 11) is 0. The summed E-state index contributed by atoms with van der Waals surface area (Å²) in [6.07, 6.45) is 3.43. The highest BCUT2D eigenvalue weighted by molar-refractivity contribution is 6.46. The molecule has 1 atom stereocenters. The number of aromatic hydroxyl groups is 1. The van der Waals surface area contributed by atoms with Crippen LogP contribution in [0.25, 0.3) is 5.76 Å². The second-order valence-electron chi connectivity index (χ2n) is 7.77. The number of nitrogens with one attached hydrogen (secondary N) is 1. The predicted molar refractivity (Wildman–Crippen MR) is 114 cm³/mol. The van der Waals surface area contributed by atoms with Crippen LogP contribution in [0.4, 0.5) is 0 Å². The molecule has 33 heavy (non-hydrogen) atoms. The van der Waals surface area contributed by atoms with Gasteiger partial charge in [0.05, 0.1) is 6.04 Å². The topological polar surface area (TPSA) is 113 Å². The van der Waals surface area contributed by atoms with Crippen LogP contribution >= 0.6 is 0 Å². The van der Waals surface area contributed by atoms with Crippen molar-refractivity contribution in [1.82, 2.24) is 4.90 Å². The number of carbonyl (C=O) groups is 2. The van der Waals surface area contributed by atoms with Crippen LogP contribution in [-0.4, -0.2) is 34.9 Å². The van der Waals surface area contributed by atoms with Crippen molar-refractivity contribution < 1.29 is 34.3 Å².